The molecule has 0 fully saturated rings. The third-order valence-corrected chi connectivity index (χ3v) is 3.78. The van der Waals surface area contributed by atoms with E-state index in [1.165, 1.54) is 5.56 Å². The Balaban J connectivity index is 2.01. The van der Waals surface area contributed by atoms with Crippen LogP contribution in [0.4, 0.5) is 0 Å². The molecule has 0 aliphatic carbocycles. The molecule has 0 bridgehead atoms. The van der Waals surface area contributed by atoms with Crippen molar-refractivity contribution in [1.82, 2.24) is 9.55 Å². The van der Waals surface area contributed by atoms with Gasteiger partial charge in [-0.25, -0.2) is 4.98 Å². The van der Waals surface area contributed by atoms with Crippen molar-refractivity contribution in [2.75, 3.05) is 7.11 Å². The van der Waals surface area contributed by atoms with Crippen LogP contribution in [0.3, 0.4) is 0 Å². The Kier molecular flexibility index (Phi) is 3.36. The first-order chi connectivity index (χ1) is 9.69. The molecule has 0 saturated heterocycles. The fourth-order valence-electron chi connectivity index (χ4n) is 2.35. The molecule has 0 aliphatic rings. The molecule has 1 aromatic carbocycles. The molecule has 4 heteroatoms. The summed E-state index contributed by atoms with van der Waals surface area (Å²) in [7, 11) is 1.67. The molecule has 20 heavy (non-hydrogen) atoms. The molecule has 0 atom stereocenters. The molecule has 2 aromatic heterocycles. The summed E-state index contributed by atoms with van der Waals surface area (Å²) in [5, 5.41) is 1.74. The lowest BCUT2D eigenvalue weighted by Crippen LogP contribution is -2.02. The number of fused-ring (bicyclic) bond motifs is 1. The predicted octanol–water partition coefficient (Wildman–Crippen LogP) is 4.06. The van der Waals surface area contributed by atoms with Crippen molar-refractivity contribution >= 4 is 22.6 Å². The van der Waals surface area contributed by atoms with E-state index in [-0.39, 0.29) is 0 Å². The summed E-state index contributed by atoms with van der Waals surface area (Å²) in [6.07, 6.45) is 1.74. The van der Waals surface area contributed by atoms with E-state index in [9.17, 15) is 0 Å². The van der Waals surface area contributed by atoms with Crippen molar-refractivity contribution in [2.45, 2.75) is 13.5 Å². The molecule has 102 valence electrons. The number of ether oxygens (including phenoxy) is 1. The number of methoxy groups -OCH3 is 1. The Labute approximate surface area is 122 Å². The van der Waals surface area contributed by atoms with Gasteiger partial charge in [-0.3, -0.25) is 0 Å². The summed E-state index contributed by atoms with van der Waals surface area (Å²) < 4.78 is 7.35. The highest BCUT2D eigenvalue weighted by molar-refractivity contribution is 6.35. The van der Waals surface area contributed by atoms with E-state index in [1.54, 1.807) is 13.3 Å². The highest BCUT2D eigenvalue weighted by atomic mass is 35.5. The van der Waals surface area contributed by atoms with Gasteiger partial charge in [-0.15, -0.1) is 0 Å². The first-order valence-corrected chi connectivity index (χ1v) is 6.80. The summed E-state index contributed by atoms with van der Waals surface area (Å²) >= 11 is 6.22. The molecule has 3 nitrogen and oxygen atoms in total. The van der Waals surface area contributed by atoms with Gasteiger partial charge in [0.25, 0.3) is 0 Å². The van der Waals surface area contributed by atoms with Crippen LogP contribution >= 0.6 is 11.6 Å². The van der Waals surface area contributed by atoms with E-state index in [1.807, 2.05) is 18.2 Å². The Hall–Kier alpha value is -2.00. The number of aryl methyl sites for hydroxylation is 1. The number of hydrogen-bond acceptors (Lipinski definition) is 2. The van der Waals surface area contributed by atoms with Gasteiger partial charge in [-0.05, 0) is 36.8 Å². The Bertz CT molecular complexity index is 747. The Morgan fingerprint density at radius 3 is 2.65 bits per heavy atom. The molecule has 0 unspecified atom stereocenters. The molecular weight excluding hydrogens is 272 g/mol. The monoisotopic (exact) mass is 286 g/mol. The van der Waals surface area contributed by atoms with Gasteiger partial charge in [0, 0.05) is 23.8 Å². The summed E-state index contributed by atoms with van der Waals surface area (Å²) in [4.78, 5) is 4.45. The van der Waals surface area contributed by atoms with E-state index in [0.29, 0.717) is 0 Å². The van der Waals surface area contributed by atoms with Crippen molar-refractivity contribution in [3.05, 3.63) is 58.9 Å². The van der Waals surface area contributed by atoms with Crippen molar-refractivity contribution in [2.24, 2.45) is 0 Å². The highest BCUT2D eigenvalue weighted by Crippen LogP contribution is 2.25. The van der Waals surface area contributed by atoms with Gasteiger partial charge in [-0.2, -0.15) is 0 Å². The zero-order valence-electron chi connectivity index (χ0n) is 11.4. The Morgan fingerprint density at radius 2 is 1.95 bits per heavy atom. The number of hydrogen-bond donors (Lipinski definition) is 0. The highest BCUT2D eigenvalue weighted by Gasteiger charge is 2.09. The van der Waals surface area contributed by atoms with E-state index in [4.69, 9.17) is 16.3 Å². The molecule has 0 amide bonds. The number of nitrogens with zero attached hydrogens (tertiary/aromatic N) is 2. The number of halogens is 1. The fourth-order valence-corrected chi connectivity index (χ4v) is 2.55. The van der Waals surface area contributed by atoms with Crippen molar-refractivity contribution < 1.29 is 4.74 Å². The number of rotatable bonds is 3. The van der Waals surface area contributed by atoms with Crippen molar-refractivity contribution in [1.29, 1.82) is 0 Å². The molecule has 3 aromatic rings. The summed E-state index contributed by atoms with van der Waals surface area (Å²) in [6.45, 7) is 2.84. The zero-order valence-corrected chi connectivity index (χ0v) is 12.2. The molecule has 0 saturated carbocycles. The zero-order chi connectivity index (χ0) is 14.1. The first kappa shape index (κ1) is 13.0. The normalized spacial score (nSPS) is 10.9. The van der Waals surface area contributed by atoms with Gasteiger partial charge in [0.05, 0.1) is 12.1 Å². The number of aromatic nitrogens is 2. The maximum Gasteiger partial charge on any atom is 0.141 e. The van der Waals surface area contributed by atoms with Crippen molar-refractivity contribution in [3.63, 3.8) is 0 Å². The van der Waals surface area contributed by atoms with Crippen LogP contribution in [-0.4, -0.2) is 16.7 Å². The Morgan fingerprint density at radius 1 is 1.20 bits per heavy atom. The second kappa shape index (κ2) is 5.17. The van der Waals surface area contributed by atoms with Gasteiger partial charge < -0.3 is 9.30 Å². The lowest BCUT2D eigenvalue weighted by Gasteiger charge is -2.08. The largest absolute Gasteiger partial charge is 0.497 e. The quantitative estimate of drug-likeness (QED) is 0.726. The molecule has 3 rings (SSSR count). The average molecular weight is 287 g/mol. The van der Waals surface area contributed by atoms with Crippen LogP contribution in [0.15, 0.2) is 42.6 Å². The van der Waals surface area contributed by atoms with Crippen LogP contribution in [0.5, 0.6) is 5.75 Å². The number of pyridine rings is 1. The summed E-state index contributed by atoms with van der Waals surface area (Å²) in [5.41, 5.74) is 3.27. The van der Waals surface area contributed by atoms with E-state index < -0.39 is 0 Å². The number of benzene rings is 1. The first-order valence-electron chi connectivity index (χ1n) is 6.42. The molecule has 0 spiro atoms. The van der Waals surface area contributed by atoms with Gasteiger partial charge in [-0.1, -0.05) is 23.7 Å². The fraction of sp³-hybridized carbons (Fsp3) is 0.188. The standard InChI is InChI=1S/C16H15ClN2O/c1-11-9-14-15(17)7-8-18-16(14)19(11)10-12-3-5-13(20-2)6-4-12/h3-9H,10H2,1-2H3. The molecule has 0 N–H and O–H groups in total. The average Bonchev–Trinajstić information content (AvgIpc) is 2.78. The third-order valence-electron chi connectivity index (χ3n) is 3.45. The SMILES string of the molecule is COc1ccc(Cn2c(C)cc3c(Cl)ccnc32)cc1. The topological polar surface area (TPSA) is 27.1 Å². The third kappa shape index (κ3) is 2.25. The minimum absolute atomic E-state index is 0.742. The maximum atomic E-state index is 6.22. The van der Waals surface area contributed by atoms with Crippen LogP contribution in [0.1, 0.15) is 11.3 Å². The lowest BCUT2D eigenvalue weighted by atomic mass is 10.2. The lowest BCUT2D eigenvalue weighted by molar-refractivity contribution is 0.414. The van der Waals surface area contributed by atoms with E-state index >= 15 is 0 Å². The van der Waals surface area contributed by atoms with Crippen LogP contribution in [-0.2, 0) is 6.54 Å². The van der Waals surface area contributed by atoms with Crippen LogP contribution in [0.2, 0.25) is 5.02 Å². The van der Waals surface area contributed by atoms with Crippen LogP contribution in [0, 0.1) is 6.92 Å². The maximum absolute atomic E-state index is 6.22. The predicted molar refractivity (Wildman–Crippen MR) is 81.6 cm³/mol. The van der Waals surface area contributed by atoms with E-state index in [0.717, 1.165) is 34.0 Å². The van der Waals surface area contributed by atoms with Crippen molar-refractivity contribution in [3.8, 4) is 5.75 Å². The van der Waals surface area contributed by atoms with Gasteiger partial charge in [0.2, 0.25) is 0 Å². The van der Waals surface area contributed by atoms with E-state index in [2.05, 4.69) is 34.7 Å². The van der Waals surface area contributed by atoms with Gasteiger partial charge in [0.15, 0.2) is 0 Å². The van der Waals surface area contributed by atoms with Crippen LogP contribution < -0.4 is 4.74 Å². The summed E-state index contributed by atoms with van der Waals surface area (Å²) in [6, 6.07) is 12.0. The van der Waals surface area contributed by atoms with Crippen LogP contribution in [0.25, 0.3) is 11.0 Å². The minimum atomic E-state index is 0.742. The van der Waals surface area contributed by atoms with Gasteiger partial charge >= 0.3 is 0 Å². The molecular formula is C16H15ClN2O. The molecule has 0 radical (unpaired) electrons. The minimum Gasteiger partial charge on any atom is -0.497 e. The second-order valence-electron chi connectivity index (χ2n) is 4.75. The molecule has 2 heterocycles. The second-order valence-corrected chi connectivity index (χ2v) is 5.16. The molecule has 0 aliphatic heterocycles. The van der Waals surface area contributed by atoms with Gasteiger partial charge in [0.1, 0.15) is 11.4 Å². The smallest absolute Gasteiger partial charge is 0.141 e. The summed E-state index contributed by atoms with van der Waals surface area (Å²) in [5.74, 6) is 0.865.